The predicted molar refractivity (Wildman–Crippen MR) is 74.6 cm³/mol. The maximum atomic E-state index is 6.04. The zero-order chi connectivity index (χ0) is 12.3. The zero-order valence-electron chi connectivity index (χ0n) is 10.9. The molecule has 1 aliphatic rings. The summed E-state index contributed by atoms with van der Waals surface area (Å²) in [4.78, 5) is 4.95. The zero-order valence-corrected chi connectivity index (χ0v) is 11.7. The molecule has 2 N–H and O–H groups in total. The first-order valence-corrected chi connectivity index (χ1v) is 7.23. The number of likely N-dealkylation sites (N-methyl/N-ethyl adjacent to an activating group) is 1. The van der Waals surface area contributed by atoms with Gasteiger partial charge in [0, 0.05) is 38.3 Å². The standard InChI is InChI=1S/C13H23N3S/c1-13(11-14,9-12-3-8-17-10-12)16-6-4-15(2)5-7-16/h3,8,10H,4-7,9,11,14H2,1-2H3. The van der Waals surface area contributed by atoms with Crippen LogP contribution in [0.1, 0.15) is 12.5 Å². The molecule has 96 valence electrons. The Morgan fingerprint density at radius 3 is 2.59 bits per heavy atom. The van der Waals surface area contributed by atoms with Crippen molar-refractivity contribution in [1.29, 1.82) is 0 Å². The largest absolute Gasteiger partial charge is 0.329 e. The van der Waals surface area contributed by atoms with Crippen LogP contribution < -0.4 is 5.73 Å². The normalized spacial score (nSPS) is 22.5. The van der Waals surface area contributed by atoms with E-state index >= 15 is 0 Å². The molecule has 1 saturated heterocycles. The molecule has 4 heteroatoms. The van der Waals surface area contributed by atoms with Gasteiger partial charge < -0.3 is 10.6 Å². The monoisotopic (exact) mass is 253 g/mol. The number of nitrogens with zero attached hydrogens (tertiary/aromatic N) is 2. The molecule has 0 saturated carbocycles. The number of piperazine rings is 1. The molecule has 0 radical (unpaired) electrons. The second-order valence-electron chi connectivity index (χ2n) is 5.30. The van der Waals surface area contributed by atoms with E-state index in [1.165, 1.54) is 5.56 Å². The van der Waals surface area contributed by atoms with Gasteiger partial charge in [-0.1, -0.05) is 0 Å². The van der Waals surface area contributed by atoms with Crippen LogP contribution in [-0.2, 0) is 6.42 Å². The third-order valence-corrected chi connectivity index (χ3v) is 4.60. The van der Waals surface area contributed by atoms with E-state index in [0.717, 1.165) is 39.1 Å². The van der Waals surface area contributed by atoms with E-state index in [9.17, 15) is 0 Å². The Hall–Kier alpha value is -0.420. The Bertz CT molecular complexity index is 330. The minimum Gasteiger partial charge on any atom is -0.329 e. The van der Waals surface area contributed by atoms with E-state index in [1.807, 2.05) is 0 Å². The Morgan fingerprint density at radius 1 is 1.35 bits per heavy atom. The van der Waals surface area contributed by atoms with Crippen LogP contribution >= 0.6 is 11.3 Å². The van der Waals surface area contributed by atoms with Gasteiger partial charge in [-0.25, -0.2) is 0 Å². The molecule has 3 nitrogen and oxygen atoms in total. The average Bonchev–Trinajstić information content (AvgIpc) is 2.82. The van der Waals surface area contributed by atoms with Crippen molar-refractivity contribution in [2.24, 2.45) is 5.73 Å². The van der Waals surface area contributed by atoms with Crippen LogP contribution in [-0.4, -0.2) is 55.1 Å². The summed E-state index contributed by atoms with van der Waals surface area (Å²) in [5.74, 6) is 0. The highest BCUT2D eigenvalue weighted by Gasteiger charge is 2.32. The molecule has 1 aromatic heterocycles. The Labute approximate surface area is 108 Å². The molecule has 17 heavy (non-hydrogen) atoms. The number of nitrogens with two attached hydrogens (primary N) is 1. The summed E-state index contributed by atoms with van der Waals surface area (Å²) in [6.45, 7) is 7.60. The van der Waals surface area contributed by atoms with Crippen LogP contribution in [0, 0.1) is 0 Å². The van der Waals surface area contributed by atoms with Crippen LogP contribution in [0.3, 0.4) is 0 Å². The quantitative estimate of drug-likeness (QED) is 0.877. The van der Waals surface area contributed by atoms with Gasteiger partial charge in [-0.3, -0.25) is 4.90 Å². The van der Waals surface area contributed by atoms with Gasteiger partial charge in [-0.2, -0.15) is 11.3 Å². The second-order valence-corrected chi connectivity index (χ2v) is 6.08. The molecule has 0 bridgehead atoms. The molecule has 0 spiro atoms. The lowest BCUT2D eigenvalue weighted by molar-refractivity contribution is 0.0560. The van der Waals surface area contributed by atoms with Crippen molar-refractivity contribution < 1.29 is 0 Å². The Kier molecular flexibility index (Phi) is 4.20. The SMILES string of the molecule is CN1CCN(C(C)(CN)Cc2ccsc2)CC1. The van der Waals surface area contributed by atoms with E-state index in [2.05, 4.69) is 40.6 Å². The van der Waals surface area contributed by atoms with E-state index in [0.29, 0.717) is 0 Å². The van der Waals surface area contributed by atoms with Crippen molar-refractivity contribution in [2.45, 2.75) is 18.9 Å². The molecule has 1 atom stereocenters. The molecular weight excluding hydrogens is 230 g/mol. The second kappa shape index (κ2) is 5.48. The highest BCUT2D eigenvalue weighted by atomic mass is 32.1. The van der Waals surface area contributed by atoms with E-state index in [-0.39, 0.29) is 5.54 Å². The van der Waals surface area contributed by atoms with Gasteiger partial charge in [0.15, 0.2) is 0 Å². The molecule has 1 unspecified atom stereocenters. The van der Waals surface area contributed by atoms with Gasteiger partial charge in [0.25, 0.3) is 0 Å². The van der Waals surface area contributed by atoms with Crippen LogP contribution in [0.5, 0.6) is 0 Å². The van der Waals surface area contributed by atoms with Crippen LogP contribution in [0.4, 0.5) is 0 Å². The number of rotatable bonds is 4. The third-order valence-electron chi connectivity index (χ3n) is 3.87. The molecule has 2 heterocycles. The van der Waals surface area contributed by atoms with Gasteiger partial charge >= 0.3 is 0 Å². The fourth-order valence-electron chi connectivity index (χ4n) is 2.49. The molecule has 2 rings (SSSR count). The maximum Gasteiger partial charge on any atom is 0.0345 e. The summed E-state index contributed by atoms with van der Waals surface area (Å²) in [6.07, 6.45) is 1.07. The highest BCUT2D eigenvalue weighted by molar-refractivity contribution is 7.07. The molecule has 1 aliphatic heterocycles. The number of hydrogen-bond donors (Lipinski definition) is 1. The summed E-state index contributed by atoms with van der Waals surface area (Å²) in [5, 5.41) is 4.39. The van der Waals surface area contributed by atoms with Gasteiger partial charge in [0.2, 0.25) is 0 Å². The van der Waals surface area contributed by atoms with Crippen LogP contribution in [0.2, 0.25) is 0 Å². The molecule has 1 fully saturated rings. The third kappa shape index (κ3) is 3.07. The summed E-state index contributed by atoms with van der Waals surface area (Å²) >= 11 is 1.77. The van der Waals surface area contributed by atoms with Gasteiger partial charge in [-0.15, -0.1) is 0 Å². The topological polar surface area (TPSA) is 32.5 Å². The first kappa shape index (κ1) is 13.0. The van der Waals surface area contributed by atoms with Gasteiger partial charge in [0.05, 0.1) is 0 Å². The minimum absolute atomic E-state index is 0.113. The van der Waals surface area contributed by atoms with E-state index in [1.54, 1.807) is 11.3 Å². The Morgan fingerprint density at radius 2 is 2.06 bits per heavy atom. The molecule has 1 aromatic rings. The lowest BCUT2D eigenvalue weighted by Crippen LogP contribution is -2.59. The molecular formula is C13H23N3S. The van der Waals surface area contributed by atoms with E-state index in [4.69, 9.17) is 5.73 Å². The van der Waals surface area contributed by atoms with Crippen molar-refractivity contribution in [3.05, 3.63) is 22.4 Å². The van der Waals surface area contributed by atoms with Crippen molar-refractivity contribution in [3.63, 3.8) is 0 Å². The minimum atomic E-state index is 0.113. The molecule has 0 aliphatic carbocycles. The summed E-state index contributed by atoms with van der Waals surface area (Å²) < 4.78 is 0. The van der Waals surface area contributed by atoms with Crippen molar-refractivity contribution in [1.82, 2.24) is 9.80 Å². The predicted octanol–water partition coefficient (Wildman–Crippen LogP) is 1.26. The smallest absolute Gasteiger partial charge is 0.0345 e. The first-order valence-electron chi connectivity index (χ1n) is 6.29. The van der Waals surface area contributed by atoms with Crippen molar-refractivity contribution >= 4 is 11.3 Å². The highest BCUT2D eigenvalue weighted by Crippen LogP contribution is 2.22. The van der Waals surface area contributed by atoms with Crippen LogP contribution in [0.25, 0.3) is 0 Å². The molecule has 0 aromatic carbocycles. The average molecular weight is 253 g/mol. The summed E-state index contributed by atoms with van der Waals surface area (Å²) in [6, 6.07) is 2.22. The first-order chi connectivity index (χ1) is 8.14. The van der Waals surface area contributed by atoms with E-state index < -0.39 is 0 Å². The van der Waals surface area contributed by atoms with Crippen LogP contribution in [0.15, 0.2) is 16.8 Å². The lowest BCUT2D eigenvalue weighted by Gasteiger charge is -2.45. The summed E-state index contributed by atoms with van der Waals surface area (Å²) in [7, 11) is 2.19. The van der Waals surface area contributed by atoms with Gasteiger partial charge in [-0.05, 0) is 42.8 Å². The summed E-state index contributed by atoms with van der Waals surface area (Å²) in [5.41, 5.74) is 7.57. The fourth-order valence-corrected chi connectivity index (χ4v) is 3.16. The maximum absolute atomic E-state index is 6.04. The lowest BCUT2D eigenvalue weighted by atomic mass is 9.91. The fraction of sp³-hybridized carbons (Fsp3) is 0.692. The molecule has 0 amide bonds. The van der Waals surface area contributed by atoms with Gasteiger partial charge in [0.1, 0.15) is 0 Å². The van der Waals surface area contributed by atoms with Crippen molar-refractivity contribution in [2.75, 3.05) is 39.8 Å². The van der Waals surface area contributed by atoms with Crippen molar-refractivity contribution in [3.8, 4) is 0 Å². The number of thiophene rings is 1. The Balaban J connectivity index is 2.03. The number of hydrogen-bond acceptors (Lipinski definition) is 4.